The molecule has 0 radical (unpaired) electrons. The lowest BCUT2D eigenvalue weighted by Gasteiger charge is -2.16. The van der Waals surface area contributed by atoms with Crippen LogP contribution in [0.3, 0.4) is 0 Å². The van der Waals surface area contributed by atoms with E-state index in [4.69, 9.17) is 10.5 Å². The molecule has 0 amide bonds. The van der Waals surface area contributed by atoms with Crippen molar-refractivity contribution in [2.75, 3.05) is 5.73 Å². The van der Waals surface area contributed by atoms with Gasteiger partial charge in [-0.3, -0.25) is 0 Å². The molecule has 0 aliphatic rings. The van der Waals surface area contributed by atoms with Crippen LogP contribution in [0.25, 0.3) is 10.9 Å². The Labute approximate surface area is 109 Å². The van der Waals surface area contributed by atoms with Crippen LogP contribution in [0.15, 0.2) is 24.3 Å². The molecule has 0 saturated carbocycles. The number of rotatable bonds is 4. The maximum atomic E-state index is 5.88. The van der Waals surface area contributed by atoms with Crippen molar-refractivity contribution in [3.63, 3.8) is 0 Å². The van der Waals surface area contributed by atoms with Gasteiger partial charge in [0, 0.05) is 22.8 Å². The van der Waals surface area contributed by atoms with Crippen LogP contribution >= 0.6 is 0 Å². The molecule has 0 bridgehead atoms. The van der Waals surface area contributed by atoms with Crippen LogP contribution in [-0.4, -0.2) is 10.7 Å². The average Bonchev–Trinajstić information content (AvgIpc) is 2.63. The Morgan fingerprint density at radius 1 is 1.17 bits per heavy atom. The van der Waals surface area contributed by atoms with E-state index < -0.39 is 0 Å². The van der Waals surface area contributed by atoms with E-state index in [2.05, 4.69) is 44.4 Å². The summed E-state index contributed by atoms with van der Waals surface area (Å²) in [7, 11) is 0. The number of nitrogens with zero attached hydrogens (tertiary/aromatic N) is 1. The van der Waals surface area contributed by atoms with Crippen molar-refractivity contribution in [3.05, 3.63) is 30.0 Å². The van der Waals surface area contributed by atoms with E-state index in [0.717, 1.165) is 5.69 Å². The molecule has 98 valence electrons. The quantitative estimate of drug-likeness (QED) is 0.835. The summed E-state index contributed by atoms with van der Waals surface area (Å²) < 4.78 is 8.03. The molecule has 0 aliphatic heterocycles. The lowest BCUT2D eigenvalue weighted by atomic mass is 10.2. The van der Waals surface area contributed by atoms with Crippen LogP contribution in [0.1, 0.15) is 39.4 Å². The first-order valence-electron chi connectivity index (χ1n) is 6.50. The number of nitrogen functional groups attached to an aromatic ring is 1. The summed E-state index contributed by atoms with van der Waals surface area (Å²) in [5, 5.41) is 1.22. The third-order valence-corrected chi connectivity index (χ3v) is 3.03. The van der Waals surface area contributed by atoms with Gasteiger partial charge in [0.25, 0.3) is 0 Å². The van der Waals surface area contributed by atoms with E-state index in [1.165, 1.54) is 16.6 Å². The predicted octanol–water partition coefficient (Wildman–Crippen LogP) is 3.73. The predicted molar refractivity (Wildman–Crippen MR) is 76.7 cm³/mol. The summed E-state index contributed by atoms with van der Waals surface area (Å²) in [6, 6.07) is 8.64. The smallest absolute Gasteiger partial charge is 0.0871 e. The maximum Gasteiger partial charge on any atom is 0.0871 e. The largest absolute Gasteiger partial charge is 0.399 e. The lowest BCUT2D eigenvalue weighted by Crippen LogP contribution is -2.09. The zero-order chi connectivity index (χ0) is 13.3. The molecule has 0 atom stereocenters. The van der Waals surface area contributed by atoms with E-state index in [-0.39, 0.29) is 6.10 Å². The number of nitrogens with two attached hydrogens (primary N) is 1. The van der Waals surface area contributed by atoms with Crippen LogP contribution in [0.4, 0.5) is 5.69 Å². The first kappa shape index (κ1) is 13.0. The van der Waals surface area contributed by atoms with Crippen molar-refractivity contribution in [1.29, 1.82) is 0 Å². The summed E-state index contributed by atoms with van der Waals surface area (Å²) in [6.45, 7) is 9.12. The average molecular weight is 246 g/mol. The van der Waals surface area contributed by atoms with E-state index in [9.17, 15) is 0 Å². The molecule has 2 N–H and O–H groups in total. The second kappa shape index (κ2) is 5.02. The fourth-order valence-corrected chi connectivity index (χ4v) is 2.27. The number of benzene rings is 1. The van der Waals surface area contributed by atoms with Crippen molar-refractivity contribution < 1.29 is 4.74 Å². The fraction of sp³-hybridized carbons (Fsp3) is 0.467. The molecule has 2 aromatic rings. The van der Waals surface area contributed by atoms with E-state index in [1.807, 2.05) is 12.1 Å². The first-order valence-corrected chi connectivity index (χ1v) is 6.50. The molecule has 18 heavy (non-hydrogen) atoms. The van der Waals surface area contributed by atoms with E-state index in [1.54, 1.807) is 0 Å². The summed E-state index contributed by atoms with van der Waals surface area (Å²) in [6.07, 6.45) is 0.244. The van der Waals surface area contributed by atoms with E-state index in [0.29, 0.717) is 12.6 Å². The summed E-state index contributed by atoms with van der Waals surface area (Å²) in [5.74, 6) is 0. The topological polar surface area (TPSA) is 40.2 Å². The van der Waals surface area contributed by atoms with Crippen molar-refractivity contribution in [3.8, 4) is 0 Å². The Balaban J connectivity index is 2.48. The summed E-state index contributed by atoms with van der Waals surface area (Å²) in [5.41, 5.74) is 9.08. The third kappa shape index (κ3) is 2.51. The molecular formula is C15H22N2O. The molecule has 3 nitrogen and oxygen atoms in total. The normalized spacial score (nSPS) is 11.9. The van der Waals surface area contributed by atoms with Crippen LogP contribution in [0.2, 0.25) is 0 Å². The molecule has 0 fully saturated rings. The van der Waals surface area contributed by atoms with Gasteiger partial charge in [0.2, 0.25) is 0 Å². The van der Waals surface area contributed by atoms with Gasteiger partial charge in [-0.25, -0.2) is 0 Å². The monoisotopic (exact) mass is 246 g/mol. The zero-order valence-electron chi connectivity index (χ0n) is 11.6. The molecule has 0 unspecified atom stereocenters. The van der Waals surface area contributed by atoms with Gasteiger partial charge in [-0.05, 0) is 45.9 Å². The standard InChI is InChI=1S/C15H22N2O/c1-10(2)17-14(9-18-11(3)4)7-12-5-6-13(16)8-15(12)17/h5-8,10-11H,9,16H2,1-4H3. The number of aromatic nitrogens is 1. The number of hydrogen-bond acceptors (Lipinski definition) is 2. The summed E-state index contributed by atoms with van der Waals surface area (Å²) >= 11 is 0. The number of anilines is 1. The van der Waals surface area contributed by atoms with Crippen LogP contribution < -0.4 is 5.73 Å². The molecule has 1 aromatic carbocycles. The Hall–Kier alpha value is -1.48. The van der Waals surface area contributed by atoms with Gasteiger partial charge in [-0.2, -0.15) is 0 Å². The minimum atomic E-state index is 0.244. The number of ether oxygens (including phenoxy) is 1. The Morgan fingerprint density at radius 2 is 1.89 bits per heavy atom. The minimum Gasteiger partial charge on any atom is -0.399 e. The van der Waals surface area contributed by atoms with Crippen LogP contribution in [0, 0.1) is 0 Å². The molecule has 3 heteroatoms. The van der Waals surface area contributed by atoms with Crippen LogP contribution in [-0.2, 0) is 11.3 Å². The van der Waals surface area contributed by atoms with E-state index >= 15 is 0 Å². The molecular weight excluding hydrogens is 224 g/mol. The maximum absolute atomic E-state index is 5.88. The fourth-order valence-electron chi connectivity index (χ4n) is 2.27. The van der Waals surface area contributed by atoms with Crippen molar-refractivity contribution in [2.45, 2.75) is 46.4 Å². The second-order valence-corrected chi connectivity index (χ2v) is 5.28. The Kier molecular flexibility index (Phi) is 3.62. The second-order valence-electron chi connectivity index (χ2n) is 5.28. The number of hydrogen-bond donors (Lipinski definition) is 1. The molecule has 0 saturated heterocycles. The van der Waals surface area contributed by atoms with Crippen molar-refractivity contribution >= 4 is 16.6 Å². The SMILES string of the molecule is CC(C)OCc1cc2ccc(N)cc2n1C(C)C. The number of fused-ring (bicyclic) bond motifs is 1. The Bertz CT molecular complexity index is 541. The third-order valence-electron chi connectivity index (χ3n) is 3.03. The highest BCUT2D eigenvalue weighted by Gasteiger charge is 2.12. The van der Waals surface area contributed by atoms with Gasteiger partial charge in [-0.15, -0.1) is 0 Å². The highest BCUT2D eigenvalue weighted by atomic mass is 16.5. The first-order chi connectivity index (χ1) is 8.49. The highest BCUT2D eigenvalue weighted by molar-refractivity contribution is 5.84. The molecule has 0 aliphatic carbocycles. The lowest BCUT2D eigenvalue weighted by molar-refractivity contribution is 0.0615. The molecule has 1 heterocycles. The van der Waals surface area contributed by atoms with Gasteiger partial charge < -0.3 is 15.0 Å². The van der Waals surface area contributed by atoms with Gasteiger partial charge in [0.1, 0.15) is 0 Å². The van der Waals surface area contributed by atoms with Gasteiger partial charge in [-0.1, -0.05) is 6.07 Å². The van der Waals surface area contributed by atoms with Crippen LogP contribution in [0.5, 0.6) is 0 Å². The van der Waals surface area contributed by atoms with Crippen molar-refractivity contribution in [1.82, 2.24) is 4.57 Å². The van der Waals surface area contributed by atoms with Crippen molar-refractivity contribution in [2.24, 2.45) is 0 Å². The molecule has 1 aromatic heterocycles. The Morgan fingerprint density at radius 3 is 2.50 bits per heavy atom. The van der Waals surface area contributed by atoms with Gasteiger partial charge >= 0.3 is 0 Å². The van der Waals surface area contributed by atoms with Gasteiger partial charge in [0.15, 0.2) is 0 Å². The molecule has 0 spiro atoms. The van der Waals surface area contributed by atoms with Gasteiger partial charge in [0.05, 0.1) is 18.2 Å². The minimum absolute atomic E-state index is 0.244. The molecule has 2 rings (SSSR count). The summed E-state index contributed by atoms with van der Waals surface area (Å²) in [4.78, 5) is 0. The zero-order valence-corrected chi connectivity index (χ0v) is 11.6. The highest BCUT2D eigenvalue weighted by Crippen LogP contribution is 2.26.